The van der Waals surface area contributed by atoms with E-state index < -0.39 is 0 Å². The van der Waals surface area contributed by atoms with Gasteiger partial charge in [0, 0.05) is 19.0 Å². The Kier molecular flexibility index (Phi) is 6.46. The first-order valence-electron chi connectivity index (χ1n) is 6.74. The van der Waals surface area contributed by atoms with Gasteiger partial charge in [-0.3, -0.25) is 4.79 Å². The van der Waals surface area contributed by atoms with Crippen molar-refractivity contribution in [3.63, 3.8) is 0 Å². The molecule has 1 aliphatic carbocycles. The molecule has 3 heteroatoms. The van der Waals surface area contributed by atoms with Crippen LogP contribution in [-0.4, -0.2) is 25.0 Å². The van der Waals surface area contributed by atoms with Crippen molar-refractivity contribution in [2.75, 3.05) is 13.1 Å². The summed E-state index contributed by atoms with van der Waals surface area (Å²) in [5.74, 6) is 0.852. The zero-order chi connectivity index (χ0) is 11.8. The zero-order valence-corrected chi connectivity index (χ0v) is 10.7. The Bertz CT molecular complexity index is 206. The van der Waals surface area contributed by atoms with Crippen LogP contribution in [0.2, 0.25) is 0 Å². The van der Waals surface area contributed by atoms with E-state index in [4.69, 9.17) is 0 Å². The number of hydrogen-bond donors (Lipinski definition) is 2. The molecule has 0 aromatic heterocycles. The number of amides is 1. The molecule has 16 heavy (non-hydrogen) atoms. The molecule has 0 bridgehead atoms. The van der Waals surface area contributed by atoms with Crippen molar-refractivity contribution in [2.24, 2.45) is 5.92 Å². The predicted octanol–water partition coefficient (Wildman–Crippen LogP) is 2.07. The summed E-state index contributed by atoms with van der Waals surface area (Å²) < 4.78 is 0. The average Bonchev–Trinajstić information content (AvgIpc) is 2.45. The summed E-state index contributed by atoms with van der Waals surface area (Å²) >= 11 is 0. The Balaban J connectivity index is 2.25. The fourth-order valence-corrected chi connectivity index (χ4v) is 2.37. The van der Waals surface area contributed by atoms with Crippen LogP contribution in [0.15, 0.2) is 0 Å². The van der Waals surface area contributed by atoms with Gasteiger partial charge in [0.05, 0.1) is 0 Å². The molecule has 1 saturated carbocycles. The first-order valence-corrected chi connectivity index (χ1v) is 6.74. The molecule has 0 heterocycles. The van der Waals surface area contributed by atoms with Gasteiger partial charge in [0.25, 0.3) is 0 Å². The molecule has 1 rings (SSSR count). The normalized spacial score (nSPS) is 26.1. The van der Waals surface area contributed by atoms with Gasteiger partial charge >= 0.3 is 0 Å². The smallest absolute Gasteiger partial charge is 0.221 e. The van der Waals surface area contributed by atoms with Crippen LogP contribution in [0.3, 0.4) is 0 Å². The minimum atomic E-state index is 0.208. The van der Waals surface area contributed by atoms with Gasteiger partial charge in [0.1, 0.15) is 0 Å². The lowest BCUT2D eigenvalue weighted by molar-refractivity contribution is -0.122. The third kappa shape index (κ3) is 4.97. The molecule has 2 N–H and O–H groups in total. The van der Waals surface area contributed by atoms with E-state index in [9.17, 15) is 4.79 Å². The lowest BCUT2D eigenvalue weighted by Crippen LogP contribution is -2.39. The highest BCUT2D eigenvalue weighted by Gasteiger charge is 2.20. The molecule has 0 radical (unpaired) electrons. The van der Waals surface area contributed by atoms with Gasteiger partial charge in [-0.25, -0.2) is 0 Å². The molecule has 94 valence electrons. The summed E-state index contributed by atoms with van der Waals surface area (Å²) in [5.41, 5.74) is 0. The highest BCUT2D eigenvalue weighted by molar-refractivity contribution is 5.76. The molecule has 1 fully saturated rings. The molecule has 0 aromatic carbocycles. The molecular weight excluding hydrogens is 200 g/mol. The molecular formula is C13H26N2O. The third-order valence-corrected chi connectivity index (χ3v) is 3.49. The van der Waals surface area contributed by atoms with Gasteiger partial charge in [-0.05, 0) is 25.3 Å². The van der Waals surface area contributed by atoms with Crippen molar-refractivity contribution in [2.45, 2.75) is 58.4 Å². The van der Waals surface area contributed by atoms with Gasteiger partial charge < -0.3 is 10.6 Å². The maximum Gasteiger partial charge on any atom is 0.221 e. The van der Waals surface area contributed by atoms with Crippen LogP contribution in [-0.2, 0) is 4.79 Å². The minimum Gasteiger partial charge on any atom is -0.353 e. The second kappa shape index (κ2) is 7.66. The fraction of sp³-hybridized carbons (Fsp3) is 0.923. The number of rotatable bonds is 5. The Morgan fingerprint density at radius 3 is 2.75 bits per heavy atom. The first kappa shape index (κ1) is 13.5. The van der Waals surface area contributed by atoms with Crippen LogP contribution in [0.4, 0.5) is 0 Å². The number of carbonyl (C=O) groups excluding carboxylic acids is 1. The summed E-state index contributed by atoms with van der Waals surface area (Å²) in [6.45, 7) is 6.06. The third-order valence-electron chi connectivity index (χ3n) is 3.49. The van der Waals surface area contributed by atoms with Crippen molar-refractivity contribution < 1.29 is 4.79 Å². The van der Waals surface area contributed by atoms with E-state index in [1.165, 1.54) is 25.7 Å². The monoisotopic (exact) mass is 226 g/mol. The summed E-state index contributed by atoms with van der Waals surface area (Å²) in [6.07, 6.45) is 6.95. The summed E-state index contributed by atoms with van der Waals surface area (Å²) in [6, 6.07) is 0.414. The van der Waals surface area contributed by atoms with Crippen molar-refractivity contribution in [3.8, 4) is 0 Å². The number of nitrogens with one attached hydrogen (secondary N) is 2. The molecule has 2 atom stereocenters. The van der Waals surface area contributed by atoms with Gasteiger partial charge in [-0.1, -0.05) is 33.1 Å². The van der Waals surface area contributed by atoms with Crippen LogP contribution in [0.5, 0.6) is 0 Å². The minimum absolute atomic E-state index is 0.208. The molecule has 1 aliphatic rings. The summed E-state index contributed by atoms with van der Waals surface area (Å²) in [7, 11) is 0. The van der Waals surface area contributed by atoms with E-state index in [1.54, 1.807) is 0 Å². The Labute approximate surface area is 99.4 Å². The van der Waals surface area contributed by atoms with Crippen molar-refractivity contribution in [1.82, 2.24) is 10.6 Å². The highest BCUT2D eigenvalue weighted by atomic mass is 16.1. The molecule has 0 spiro atoms. The van der Waals surface area contributed by atoms with Crippen molar-refractivity contribution in [1.29, 1.82) is 0 Å². The standard InChI is InChI=1S/C13H26N2O/c1-3-14-10-9-13(16)15-12-8-6-4-5-7-11(12)2/h11-12,14H,3-10H2,1-2H3,(H,15,16). The Morgan fingerprint density at radius 2 is 2.00 bits per heavy atom. The van der Waals surface area contributed by atoms with Crippen molar-refractivity contribution >= 4 is 5.91 Å². The fourth-order valence-electron chi connectivity index (χ4n) is 2.37. The maximum atomic E-state index is 11.7. The van der Waals surface area contributed by atoms with Gasteiger partial charge in [-0.15, -0.1) is 0 Å². The molecule has 0 saturated heterocycles. The zero-order valence-electron chi connectivity index (χ0n) is 10.7. The predicted molar refractivity (Wildman–Crippen MR) is 67.3 cm³/mol. The maximum absolute atomic E-state index is 11.7. The van der Waals surface area contributed by atoms with E-state index in [-0.39, 0.29) is 5.91 Å². The lowest BCUT2D eigenvalue weighted by atomic mass is 9.97. The average molecular weight is 226 g/mol. The van der Waals surface area contributed by atoms with Crippen LogP contribution >= 0.6 is 0 Å². The summed E-state index contributed by atoms with van der Waals surface area (Å²) in [5, 5.41) is 6.37. The van der Waals surface area contributed by atoms with Crippen LogP contribution < -0.4 is 10.6 Å². The van der Waals surface area contributed by atoms with Crippen LogP contribution in [0, 0.1) is 5.92 Å². The van der Waals surface area contributed by atoms with E-state index in [0.717, 1.165) is 19.5 Å². The Hall–Kier alpha value is -0.570. The highest BCUT2D eigenvalue weighted by Crippen LogP contribution is 2.22. The lowest BCUT2D eigenvalue weighted by Gasteiger charge is -2.22. The van der Waals surface area contributed by atoms with Crippen LogP contribution in [0.25, 0.3) is 0 Å². The van der Waals surface area contributed by atoms with E-state index in [1.807, 2.05) is 0 Å². The Morgan fingerprint density at radius 1 is 1.25 bits per heavy atom. The molecule has 1 amide bonds. The second-order valence-corrected chi connectivity index (χ2v) is 4.89. The van der Waals surface area contributed by atoms with Gasteiger partial charge in [0.15, 0.2) is 0 Å². The SMILES string of the molecule is CCNCCC(=O)NC1CCCCCC1C. The number of hydrogen-bond acceptors (Lipinski definition) is 2. The van der Waals surface area contributed by atoms with Crippen LogP contribution in [0.1, 0.15) is 52.4 Å². The van der Waals surface area contributed by atoms with Crippen molar-refractivity contribution in [3.05, 3.63) is 0 Å². The molecule has 2 unspecified atom stereocenters. The second-order valence-electron chi connectivity index (χ2n) is 4.89. The topological polar surface area (TPSA) is 41.1 Å². The number of carbonyl (C=O) groups is 1. The molecule has 3 nitrogen and oxygen atoms in total. The van der Waals surface area contributed by atoms with E-state index in [0.29, 0.717) is 18.4 Å². The van der Waals surface area contributed by atoms with E-state index in [2.05, 4.69) is 24.5 Å². The van der Waals surface area contributed by atoms with E-state index >= 15 is 0 Å². The largest absolute Gasteiger partial charge is 0.353 e. The van der Waals surface area contributed by atoms with Gasteiger partial charge in [-0.2, -0.15) is 0 Å². The summed E-state index contributed by atoms with van der Waals surface area (Å²) in [4.78, 5) is 11.7. The molecule has 0 aromatic rings. The quantitative estimate of drug-likeness (QED) is 0.556. The molecule has 0 aliphatic heterocycles. The first-order chi connectivity index (χ1) is 7.74. The van der Waals surface area contributed by atoms with Gasteiger partial charge in [0.2, 0.25) is 5.91 Å².